The van der Waals surface area contributed by atoms with Gasteiger partial charge in [-0.25, -0.2) is 4.68 Å². The van der Waals surface area contributed by atoms with Crippen molar-refractivity contribution in [2.75, 3.05) is 5.32 Å². The molecule has 0 aliphatic rings. The third kappa shape index (κ3) is 4.51. The highest BCUT2D eigenvalue weighted by Gasteiger charge is 2.42. The average molecular weight is 450 g/mol. The van der Waals surface area contributed by atoms with Crippen molar-refractivity contribution in [1.82, 2.24) is 9.78 Å². The molecule has 2 aromatic carbocycles. The van der Waals surface area contributed by atoms with Gasteiger partial charge in [0.1, 0.15) is 11.4 Å². The smallest absolute Gasteiger partial charge is 0.435 e. The first-order chi connectivity index (χ1) is 13.9. The number of hydrogen-bond acceptors (Lipinski definition) is 3. The molecule has 0 aliphatic heterocycles. The van der Waals surface area contributed by atoms with Gasteiger partial charge in [-0.15, -0.1) is 0 Å². The van der Waals surface area contributed by atoms with E-state index in [0.29, 0.717) is 0 Å². The van der Waals surface area contributed by atoms with Gasteiger partial charge in [-0.1, -0.05) is 11.6 Å². The summed E-state index contributed by atoms with van der Waals surface area (Å²) in [6.45, 7) is 0. The minimum absolute atomic E-state index is 0.0857. The maximum absolute atomic E-state index is 13.1. The highest BCUT2D eigenvalue weighted by atomic mass is 35.5. The third-order valence-electron chi connectivity index (χ3n) is 3.86. The number of carbonyl (C=O) groups is 1. The van der Waals surface area contributed by atoms with Gasteiger partial charge < -0.3 is 10.4 Å². The predicted molar refractivity (Wildman–Crippen MR) is 94.6 cm³/mol. The van der Waals surface area contributed by atoms with Gasteiger partial charge >= 0.3 is 12.4 Å². The van der Waals surface area contributed by atoms with Crippen LogP contribution in [0.4, 0.5) is 32.0 Å². The van der Waals surface area contributed by atoms with E-state index in [9.17, 15) is 36.2 Å². The Morgan fingerprint density at radius 2 is 1.60 bits per heavy atom. The molecule has 30 heavy (non-hydrogen) atoms. The van der Waals surface area contributed by atoms with E-state index in [-0.39, 0.29) is 38.5 Å². The van der Waals surface area contributed by atoms with E-state index in [1.54, 1.807) is 0 Å². The van der Waals surface area contributed by atoms with Gasteiger partial charge in [-0.05, 0) is 42.5 Å². The Balaban J connectivity index is 1.90. The second-order valence-corrected chi connectivity index (χ2v) is 6.42. The van der Waals surface area contributed by atoms with Crippen LogP contribution in [0.2, 0.25) is 5.02 Å². The number of phenolic OH excluding ortho intramolecular Hbond substituents is 1. The lowest BCUT2D eigenvalue weighted by atomic mass is 10.2. The van der Waals surface area contributed by atoms with E-state index >= 15 is 0 Å². The minimum Gasteiger partial charge on any atom is -0.507 e. The predicted octanol–water partition coefficient (Wildman–Crippen LogP) is 5.52. The summed E-state index contributed by atoms with van der Waals surface area (Å²) < 4.78 is 77.9. The Labute approximate surface area is 169 Å². The largest absolute Gasteiger partial charge is 0.507 e. The molecule has 0 radical (unpaired) electrons. The molecule has 0 spiro atoms. The number of aromatic nitrogens is 2. The van der Waals surface area contributed by atoms with Crippen LogP contribution in [-0.2, 0) is 12.4 Å². The van der Waals surface area contributed by atoms with Crippen molar-refractivity contribution in [3.8, 4) is 11.4 Å². The van der Waals surface area contributed by atoms with Gasteiger partial charge in [-0.3, -0.25) is 4.79 Å². The molecule has 0 bridgehead atoms. The number of rotatable bonds is 3. The molecule has 1 aromatic heterocycles. The first-order valence-corrected chi connectivity index (χ1v) is 8.39. The number of amides is 1. The molecule has 0 fully saturated rings. The third-order valence-corrected chi connectivity index (χ3v) is 4.10. The summed E-state index contributed by atoms with van der Waals surface area (Å²) in [6.07, 6.45) is -10.1. The topological polar surface area (TPSA) is 67.2 Å². The Morgan fingerprint density at radius 1 is 0.967 bits per heavy atom. The van der Waals surface area contributed by atoms with Crippen LogP contribution in [0.5, 0.6) is 5.75 Å². The van der Waals surface area contributed by atoms with Crippen molar-refractivity contribution in [1.29, 1.82) is 0 Å². The average Bonchev–Trinajstić information content (AvgIpc) is 3.10. The summed E-state index contributed by atoms with van der Waals surface area (Å²) in [5, 5.41) is 15.3. The van der Waals surface area contributed by atoms with Crippen LogP contribution in [0.3, 0.4) is 0 Å². The SMILES string of the molecule is O=C(Nc1ccc(-n2nc(C(F)(F)F)cc2C(F)(F)F)cc1)c1cc(Cl)ccc1O. The van der Waals surface area contributed by atoms with Crippen molar-refractivity contribution in [3.05, 3.63) is 70.5 Å². The molecule has 0 atom stereocenters. The summed E-state index contributed by atoms with van der Waals surface area (Å²) in [7, 11) is 0. The van der Waals surface area contributed by atoms with Crippen LogP contribution in [0.25, 0.3) is 5.69 Å². The highest BCUT2D eigenvalue weighted by Crippen LogP contribution is 2.36. The molecule has 158 valence electrons. The first kappa shape index (κ1) is 21.5. The zero-order chi connectivity index (χ0) is 22.3. The summed E-state index contributed by atoms with van der Waals surface area (Å²) in [5.74, 6) is -1.10. The molecule has 0 saturated carbocycles. The highest BCUT2D eigenvalue weighted by molar-refractivity contribution is 6.31. The zero-order valence-corrected chi connectivity index (χ0v) is 15.3. The van der Waals surface area contributed by atoms with Gasteiger partial charge in [0.25, 0.3) is 5.91 Å². The molecule has 5 nitrogen and oxygen atoms in total. The van der Waals surface area contributed by atoms with Gasteiger partial charge in [0.15, 0.2) is 5.69 Å². The fourth-order valence-corrected chi connectivity index (χ4v) is 2.67. The number of phenols is 1. The van der Waals surface area contributed by atoms with Crippen LogP contribution in [0.15, 0.2) is 48.5 Å². The molecule has 0 unspecified atom stereocenters. The fourth-order valence-electron chi connectivity index (χ4n) is 2.49. The second kappa shape index (κ2) is 7.56. The molecule has 12 heteroatoms. The van der Waals surface area contributed by atoms with Gasteiger partial charge in [0, 0.05) is 16.8 Å². The maximum Gasteiger partial charge on any atom is 0.435 e. The van der Waals surface area contributed by atoms with Crippen molar-refractivity contribution in [2.24, 2.45) is 0 Å². The van der Waals surface area contributed by atoms with E-state index in [1.165, 1.54) is 30.3 Å². The normalized spacial score (nSPS) is 12.1. The lowest BCUT2D eigenvalue weighted by Crippen LogP contribution is -2.14. The monoisotopic (exact) mass is 449 g/mol. The lowest BCUT2D eigenvalue weighted by Gasteiger charge is -2.11. The molecule has 3 aromatic rings. The van der Waals surface area contributed by atoms with E-state index in [2.05, 4.69) is 10.4 Å². The Bertz CT molecular complexity index is 1090. The maximum atomic E-state index is 13.1. The molecule has 1 heterocycles. The van der Waals surface area contributed by atoms with Crippen LogP contribution < -0.4 is 5.32 Å². The van der Waals surface area contributed by atoms with Crippen molar-refractivity contribution < 1.29 is 36.2 Å². The van der Waals surface area contributed by atoms with Crippen LogP contribution >= 0.6 is 11.6 Å². The number of aromatic hydroxyl groups is 1. The minimum atomic E-state index is -5.08. The summed E-state index contributed by atoms with van der Waals surface area (Å²) in [5.41, 5.74) is -3.63. The quantitative estimate of drug-likeness (QED) is 0.517. The number of nitrogens with one attached hydrogen (secondary N) is 1. The number of hydrogen-bond donors (Lipinski definition) is 2. The van der Waals surface area contributed by atoms with Crippen molar-refractivity contribution in [3.63, 3.8) is 0 Å². The summed E-state index contributed by atoms with van der Waals surface area (Å²) >= 11 is 5.77. The fraction of sp³-hybridized carbons (Fsp3) is 0.111. The molecule has 0 saturated heterocycles. The Hall–Kier alpha value is -3.21. The van der Waals surface area contributed by atoms with E-state index < -0.39 is 29.6 Å². The van der Waals surface area contributed by atoms with Crippen molar-refractivity contribution >= 4 is 23.2 Å². The molecule has 1 amide bonds. The number of anilines is 1. The summed E-state index contributed by atoms with van der Waals surface area (Å²) in [6, 6.07) is 8.13. The molecular weight excluding hydrogens is 440 g/mol. The van der Waals surface area contributed by atoms with Gasteiger partial charge in [-0.2, -0.15) is 31.4 Å². The van der Waals surface area contributed by atoms with Crippen LogP contribution in [0, 0.1) is 0 Å². The number of benzene rings is 2. The second-order valence-electron chi connectivity index (χ2n) is 5.98. The standard InChI is InChI=1S/C18H10ClF6N3O2/c19-9-1-6-13(29)12(7-9)16(30)26-10-2-4-11(5-3-10)28-15(18(23,24)25)8-14(27-28)17(20,21)22/h1-8,29H,(H,26,30). The van der Waals surface area contributed by atoms with Crippen LogP contribution in [0.1, 0.15) is 21.7 Å². The van der Waals surface area contributed by atoms with E-state index in [1.807, 2.05) is 0 Å². The number of nitrogens with zero attached hydrogens (tertiary/aromatic N) is 2. The molecule has 3 rings (SSSR count). The van der Waals surface area contributed by atoms with Gasteiger partial charge in [0.2, 0.25) is 0 Å². The molecule has 2 N–H and O–H groups in total. The number of carbonyl (C=O) groups excluding carboxylic acids is 1. The lowest BCUT2D eigenvalue weighted by molar-refractivity contribution is -0.143. The van der Waals surface area contributed by atoms with Crippen LogP contribution in [-0.4, -0.2) is 20.8 Å². The van der Waals surface area contributed by atoms with E-state index in [4.69, 9.17) is 11.6 Å². The van der Waals surface area contributed by atoms with E-state index in [0.717, 1.165) is 12.1 Å². The Kier molecular flexibility index (Phi) is 5.42. The van der Waals surface area contributed by atoms with Gasteiger partial charge in [0.05, 0.1) is 11.3 Å². The summed E-state index contributed by atoms with van der Waals surface area (Å²) in [4.78, 5) is 12.2. The first-order valence-electron chi connectivity index (χ1n) is 8.01. The van der Waals surface area contributed by atoms with Crippen molar-refractivity contribution in [2.45, 2.75) is 12.4 Å². The zero-order valence-electron chi connectivity index (χ0n) is 14.5. The number of alkyl halides is 6. The number of halogens is 7. The molecular formula is C18H10ClF6N3O2. The molecule has 0 aliphatic carbocycles. The Morgan fingerprint density at radius 3 is 2.17 bits per heavy atom.